The number of halogens is 2. The second kappa shape index (κ2) is 11.8. The number of hydrogen-bond donors (Lipinski definition) is 1. The molecule has 40 heavy (non-hydrogen) atoms. The minimum absolute atomic E-state index is 0.0531. The van der Waals surface area contributed by atoms with E-state index in [4.69, 9.17) is 16.3 Å². The molecule has 1 aromatic heterocycles. The summed E-state index contributed by atoms with van der Waals surface area (Å²) in [6.45, 7) is 0.0531. The van der Waals surface area contributed by atoms with Gasteiger partial charge in [-0.1, -0.05) is 41.9 Å². The van der Waals surface area contributed by atoms with E-state index in [2.05, 4.69) is 25.9 Å². The number of rotatable bonds is 8. The molecule has 0 fully saturated rings. The number of carbonyl (C=O) groups is 3. The Hall–Kier alpha value is -4.97. The Morgan fingerprint density at radius 1 is 1.07 bits per heavy atom. The predicted octanol–water partition coefficient (Wildman–Crippen LogP) is 3.26. The molecule has 1 unspecified atom stereocenters. The second-order valence-electron chi connectivity index (χ2n) is 8.68. The first-order valence-corrected chi connectivity index (χ1v) is 12.4. The van der Waals surface area contributed by atoms with Crippen molar-refractivity contribution in [3.8, 4) is 5.69 Å². The van der Waals surface area contributed by atoms with E-state index >= 15 is 0 Å². The Morgan fingerprint density at radius 2 is 1.85 bits per heavy atom. The van der Waals surface area contributed by atoms with Gasteiger partial charge in [0.25, 0.3) is 5.91 Å². The first-order valence-electron chi connectivity index (χ1n) is 12.1. The highest BCUT2D eigenvalue weighted by Gasteiger charge is 2.39. The van der Waals surface area contributed by atoms with Crippen LogP contribution in [0.1, 0.15) is 34.0 Å². The molecule has 0 aliphatic carbocycles. The van der Waals surface area contributed by atoms with Crippen LogP contribution in [0.3, 0.4) is 0 Å². The summed E-state index contributed by atoms with van der Waals surface area (Å²) in [6.07, 6.45) is 1.49. The van der Waals surface area contributed by atoms with Crippen LogP contribution in [0.15, 0.2) is 84.2 Å². The molecule has 3 aromatic carbocycles. The summed E-state index contributed by atoms with van der Waals surface area (Å²) >= 11 is 6.16. The van der Waals surface area contributed by atoms with Crippen molar-refractivity contribution in [2.45, 2.75) is 25.1 Å². The average Bonchev–Trinajstić information content (AvgIpc) is 3.68. The summed E-state index contributed by atoms with van der Waals surface area (Å²) in [5, 5.41) is 19.4. The normalized spacial score (nSPS) is 15.1. The smallest absolute Gasteiger partial charge is 0.339 e. The van der Waals surface area contributed by atoms with E-state index in [1.807, 2.05) is 0 Å². The zero-order valence-corrected chi connectivity index (χ0v) is 21.5. The van der Waals surface area contributed by atoms with Gasteiger partial charge < -0.3 is 10.1 Å². The fraction of sp³-hybridized carbons (Fsp3) is 0.148. The van der Waals surface area contributed by atoms with Crippen LogP contribution in [0.25, 0.3) is 5.69 Å². The quantitative estimate of drug-likeness (QED) is 0.327. The zero-order chi connectivity index (χ0) is 28.1. The molecule has 1 aliphatic rings. The van der Waals surface area contributed by atoms with Crippen molar-refractivity contribution in [2.24, 2.45) is 5.10 Å². The van der Waals surface area contributed by atoms with E-state index in [-0.39, 0.29) is 24.1 Å². The average molecular weight is 562 g/mol. The molecule has 13 heteroatoms. The van der Waals surface area contributed by atoms with Crippen LogP contribution >= 0.6 is 11.6 Å². The van der Waals surface area contributed by atoms with Crippen LogP contribution in [0.2, 0.25) is 5.02 Å². The first-order chi connectivity index (χ1) is 19.4. The number of nitrogens with zero attached hydrogens (tertiary/aromatic N) is 6. The molecule has 2 atom stereocenters. The number of ether oxygens (including phenoxy) is 1. The lowest BCUT2D eigenvalue weighted by atomic mass is 10.1. The number of hydrazone groups is 1. The Morgan fingerprint density at radius 3 is 2.58 bits per heavy atom. The van der Waals surface area contributed by atoms with Gasteiger partial charge in [0.05, 0.1) is 11.3 Å². The number of amides is 2. The largest absolute Gasteiger partial charge is 0.444 e. The third-order valence-electron chi connectivity index (χ3n) is 6.08. The van der Waals surface area contributed by atoms with Crippen molar-refractivity contribution in [1.82, 2.24) is 30.5 Å². The highest BCUT2D eigenvalue weighted by Crippen LogP contribution is 2.26. The van der Waals surface area contributed by atoms with Crippen molar-refractivity contribution < 1.29 is 23.5 Å². The number of carbonyl (C=O) groups excluding carboxylic acids is 3. The van der Waals surface area contributed by atoms with E-state index in [1.165, 1.54) is 41.5 Å². The molecule has 0 spiro atoms. The lowest BCUT2D eigenvalue weighted by Crippen LogP contribution is -2.46. The van der Waals surface area contributed by atoms with Crippen LogP contribution < -0.4 is 5.32 Å². The van der Waals surface area contributed by atoms with Crippen molar-refractivity contribution in [2.75, 3.05) is 0 Å². The number of tetrazole rings is 1. The maximum atomic E-state index is 13.7. The van der Waals surface area contributed by atoms with Gasteiger partial charge in [0.1, 0.15) is 18.2 Å². The van der Waals surface area contributed by atoms with E-state index < -0.39 is 35.7 Å². The molecule has 2 heterocycles. The Bertz CT molecular complexity index is 1550. The maximum absolute atomic E-state index is 13.7. The molecule has 0 radical (unpaired) electrons. The topological polar surface area (TPSA) is 132 Å². The number of benzene rings is 3. The van der Waals surface area contributed by atoms with E-state index in [0.717, 1.165) is 17.1 Å². The fourth-order valence-electron chi connectivity index (χ4n) is 4.10. The highest BCUT2D eigenvalue weighted by atomic mass is 35.5. The second-order valence-corrected chi connectivity index (χ2v) is 9.12. The summed E-state index contributed by atoms with van der Waals surface area (Å²) < 4.78 is 20.6. The minimum atomic E-state index is -1.47. The minimum Gasteiger partial charge on any atom is -0.444 e. The van der Waals surface area contributed by atoms with E-state index in [9.17, 15) is 18.8 Å². The Kier molecular flexibility index (Phi) is 7.87. The van der Waals surface area contributed by atoms with Gasteiger partial charge in [0.2, 0.25) is 12.0 Å². The molecular weight excluding hydrogens is 541 g/mol. The molecule has 5 rings (SSSR count). The standard InChI is InChI=1S/C27H21ClFN7O4/c28-20-8-11-22(35-16-31-33-34-35)19(14-20)15-30-25(37)23-12-13-32-36(23)26(38)24(17-6-9-21(29)10-7-17)40-27(39)18-4-2-1-3-5-18/h1-11,13-14,16,23-24H,12,15H2,(H,30,37)/t23-,24?/m0/s1. The molecule has 11 nitrogen and oxygen atoms in total. The third kappa shape index (κ3) is 5.86. The van der Waals surface area contributed by atoms with Gasteiger partial charge >= 0.3 is 5.97 Å². The van der Waals surface area contributed by atoms with Gasteiger partial charge in [-0.15, -0.1) is 5.10 Å². The van der Waals surface area contributed by atoms with E-state index in [1.54, 1.807) is 36.4 Å². The fourth-order valence-corrected chi connectivity index (χ4v) is 4.30. The van der Waals surface area contributed by atoms with Crippen LogP contribution in [-0.4, -0.2) is 55.3 Å². The first kappa shape index (κ1) is 26.6. The van der Waals surface area contributed by atoms with Gasteiger partial charge in [-0.2, -0.15) is 5.10 Å². The molecule has 4 aromatic rings. The highest BCUT2D eigenvalue weighted by molar-refractivity contribution is 6.30. The maximum Gasteiger partial charge on any atom is 0.339 e. The van der Waals surface area contributed by atoms with Gasteiger partial charge in [-0.25, -0.2) is 18.9 Å². The third-order valence-corrected chi connectivity index (χ3v) is 6.32. The summed E-state index contributed by atoms with van der Waals surface area (Å²) in [6, 6.07) is 17.1. The molecule has 0 saturated carbocycles. The van der Waals surface area contributed by atoms with Crippen LogP contribution in [0, 0.1) is 5.82 Å². The van der Waals surface area contributed by atoms with Crippen molar-refractivity contribution in [1.29, 1.82) is 0 Å². The van der Waals surface area contributed by atoms with E-state index in [0.29, 0.717) is 16.3 Å². The molecule has 1 N–H and O–H groups in total. The number of hydrogen-bond acceptors (Lipinski definition) is 8. The van der Waals surface area contributed by atoms with Crippen LogP contribution in [-0.2, 0) is 20.9 Å². The number of nitrogens with one attached hydrogen (secondary N) is 1. The van der Waals surface area contributed by atoms with Gasteiger partial charge in [0.15, 0.2) is 0 Å². The number of aromatic nitrogens is 4. The zero-order valence-electron chi connectivity index (χ0n) is 20.7. The SMILES string of the molecule is O=C(OC(C(=O)N1N=CC[C@H]1C(=O)NCc1cc(Cl)ccc1-n1cnnn1)c1ccc(F)cc1)c1ccccc1. The van der Waals surface area contributed by atoms with Crippen LogP contribution in [0.5, 0.6) is 0 Å². The molecule has 2 amide bonds. The lowest BCUT2D eigenvalue weighted by molar-refractivity contribution is -0.147. The summed E-state index contributed by atoms with van der Waals surface area (Å²) in [5.41, 5.74) is 1.68. The van der Waals surface area contributed by atoms with Crippen LogP contribution in [0.4, 0.5) is 4.39 Å². The number of esters is 1. The molecular formula is C27H21ClFN7O4. The molecule has 0 saturated heterocycles. The summed E-state index contributed by atoms with van der Waals surface area (Å²) in [4.78, 5) is 39.7. The van der Waals surface area contributed by atoms with Crippen molar-refractivity contribution in [3.63, 3.8) is 0 Å². The molecule has 202 valence electrons. The van der Waals surface area contributed by atoms with Crippen molar-refractivity contribution >= 4 is 35.6 Å². The lowest BCUT2D eigenvalue weighted by Gasteiger charge is -2.26. The predicted molar refractivity (Wildman–Crippen MR) is 141 cm³/mol. The van der Waals surface area contributed by atoms with Gasteiger partial charge in [0, 0.05) is 29.8 Å². The van der Waals surface area contributed by atoms with Gasteiger partial charge in [-0.05, 0) is 58.5 Å². The van der Waals surface area contributed by atoms with Crippen molar-refractivity contribution in [3.05, 3.63) is 107 Å². The van der Waals surface area contributed by atoms with Gasteiger partial charge in [-0.3, -0.25) is 9.59 Å². The monoisotopic (exact) mass is 561 g/mol. The Balaban J connectivity index is 1.34. The summed E-state index contributed by atoms with van der Waals surface area (Å²) in [7, 11) is 0. The summed E-state index contributed by atoms with van der Waals surface area (Å²) in [5.74, 6) is -2.55. The molecule has 0 bridgehead atoms. The Labute approximate surface area is 232 Å². The molecule has 1 aliphatic heterocycles.